The van der Waals surface area contributed by atoms with Crippen molar-refractivity contribution in [2.45, 2.75) is 78.6 Å². The first kappa shape index (κ1) is 16.6. The van der Waals surface area contributed by atoms with Crippen molar-refractivity contribution in [2.75, 3.05) is 6.54 Å². The van der Waals surface area contributed by atoms with Crippen molar-refractivity contribution in [3.8, 4) is 0 Å². The van der Waals surface area contributed by atoms with Crippen LogP contribution in [0.2, 0.25) is 0 Å². The molecule has 120 valence electrons. The van der Waals surface area contributed by atoms with Gasteiger partial charge in [-0.1, -0.05) is 13.8 Å². The first-order chi connectivity index (χ1) is 9.83. The Hall–Kier alpha value is -0.800. The van der Waals surface area contributed by atoms with Crippen molar-refractivity contribution in [3.63, 3.8) is 0 Å². The van der Waals surface area contributed by atoms with Gasteiger partial charge in [0.25, 0.3) is 0 Å². The Morgan fingerprint density at radius 2 is 2.05 bits per heavy atom. The number of hydrogen-bond donors (Lipinski definition) is 1. The third-order valence-electron chi connectivity index (χ3n) is 3.95. The van der Waals surface area contributed by atoms with Gasteiger partial charge in [0.15, 0.2) is 0 Å². The van der Waals surface area contributed by atoms with Gasteiger partial charge >= 0.3 is 0 Å². The third kappa shape index (κ3) is 6.23. The predicted molar refractivity (Wildman–Crippen MR) is 88.2 cm³/mol. The second-order valence-electron chi connectivity index (χ2n) is 7.91. The second kappa shape index (κ2) is 6.97. The van der Waals surface area contributed by atoms with Gasteiger partial charge in [0.05, 0.1) is 12.8 Å². The molecule has 0 aliphatic heterocycles. The summed E-state index contributed by atoms with van der Waals surface area (Å²) in [5, 5.41) is 3.51. The maximum Gasteiger partial charge on any atom is 0.118 e. The molecule has 1 fully saturated rings. The summed E-state index contributed by atoms with van der Waals surface area (Å²) >= 11 is 0. The Morgan fingerprint density at radius 1 is 1.33 bits per heavy atom. The summed E-state index contributed by atoms with van der Waals surface area (Å²) in [6, 6.07) is 3.01. The van der Waals surface area contributed by atoms with Gasteiger partial charge < -0.3 is 9.73 Å². The fourth-order valence-corrected chi connectivity index (χ4v) is 2.42. The molecule has 0 amide bonds. The van der Waals surface area contributed by atoms with Crippen LogP contribution in [0.5, 0.6) is 0 Å². The molecule has 0 spiro atoms. The van der Waals surface area contributed by atoms with Crippen molar-refractivity contribution in [3.05, 3.63) is 23.7 Å². The normalized spacial score (nSPS) is 16.1. The fourth-order valence-electron chi connectivity index (χ4n) is 2.42. The summed E-state index contributed by atoms with van der Waals surface area (Å²) in [5.41, 5.74) is 1.40. The summed E-state index contributed by atoms with van der Waals surface area (Å²) in [5.74, 6) is 1.88. The van der Waals surface area contributed by atoms with Crippen LogP contribution in [-0.4, -0.2) is 23.0 Å². The van der Waals surface area contributed by atoms with Crippen LogP contribution in [-0.2, 0) is 13.1 Å². The van der Waals surface area contributed by atoms with Gasteiger partial charge in [0, 0.05) is 23.7 Å². The van der Waals surface area contributed by atoms with Crippen LogP contribution in [0.15, 0.2) is 16.7 Å². The summed E-state index contributed by atoms with van der Waals surface area (Å²) in [6.45, 7) is 14.2. The SMILES string of the molecule is CC(C)CCN(Cc1cc(CNC(C)(C)C)co1)C1CC1. The smallest absolute Gasteiger partial charge is 0.118 e. The van der Waals surface area contributed by atoms with Crippen molar-refractivity contribution in [2.24, 2.45) is 5.92 Å². The van der Waals surface area contributed by atoms with Crippen LogP contribution in [0.4, 0.5) is 0 Å². The maximum atomic E-state index is 5.76. The van der Waals surface area contributed by atoms with Crippen LogP contribution in [0.3, 0.4) is 0 Å². The zero-order valence-electron chi connectivity index (χ0n) is 14.4. The van der Waals surface area contributed by atoms with E-state index < -0.39 is 0 Å². The zero-order valence-corrected chi connectivity index (χ0v) is 14.4. The number of rotatable bonds is 8. The van der Waals surface area contributed by atoms with Gasteiger partial charge in [0.1, 0.15) is 5.76 Å². The molecular formula is C18H32N2O. The van der Waals surface area contributed by atoms with E-state index in [1.165, 1.54) is 31.4 Å². The van der Waals surface area contributed by atoms with Crippen molar-refractivity contribution < 1.29 is 4.42 Å². The second-order valence-corrected chi connectivity index (χ2v) is 7.91. The Balaban J connectivity index is 1.84. The lowest BCUT2D eigenvalue weighted by Crippen LogP contribution is -2.34. The lowest BCUT2D eigenvalue weighted by molar-refractivity contribution is 0.221. The minimum Gasteiger partial charge on any atom is -0.468 e. The molecule has 3 nitrogen and oxygen atoms in total. The Bertz CT molecular complexity index is 427. The standard InChI is InChI=1S/C18H32N2O/c1-14(2)8-9-20(16-6-7-16)12-17-10-15(13-21-17)11-19-18(3,4)5/h10,13-14,16,19H,6-9,11-12H2,1-5H3. The van der Waals surface area contributed by atoms with Gasteiger partial charge in [-0.05, 0) is 58.6 Å². The molecule has 2 rings (SSSR count). The monoisotopic (exact) mass is 292 g/mol. The first-order valence-corrected chi connectivity index (χ1v) is 8.39. The van der Waals surface area contributed by atoms with Gasteiger partial charge in [-0.2, -0.15) is 0 Å². The molecular weight excluding hydrogens is 260 g/mol. The molecule has 0 bridgehead atoms. The highest BCUT2D eigenvalue weighted by molar-refractivity contribution is 5.13. The van der Waals surface area contributed by atoms with E-state index >= 15 is 0 Å². The maximum absolute atomic E-state index is 5.76. The molecule has 0 saturated heterocycles. The van der Waals surface area contributed by atoms with E-state index in [0.29, 0.717) is 0 Å². The van der Waals surface area contributed by atoms with Gasteiger partial charge in [-0.25, -0.2) is 0 Å². The molecule has 1 heterocycles. The molecule has 1 aromatic rings. The third-order valence-corrected chi connectivity index (χ3v) is 3.95. The number of nitrogens with zero attached hydrogens (tertiary/aromatic N) is 1. The minimum atomic E-state index is 0.148. The molecule has 1 aliphatic carbocycles. The number of nitrogens with one attached hydrogen (secondary N) is 1. The van der Waals surface area contributed by atoms with E-state index in [-0.39, 0.29) is 5.54 Å². The zero-order chi connectivity index (χ0) is 15.5. The van der Waals surface area contributed by atoms with Gasteiger partial charge in [0.2, 0.25) is 0 Å². The van der Waals surface area contributed by atoms with E-state index in [9.17, 15) is 0 Å². The summed E-state index contributed by atoms with van der Waals surface area (Å²) in [6.07, 6.45) is 5.89. The summed E-state index contributed by atoms with van der Waals surface area (Å²) < 4.78 is 5.76. The Labute approximate surface area is 130 Å². The minimum absolute atomic E-state index is 0.148. The van der Waals surface area contributed by atoms with Crippen molar-refractivity contribution in [1.82, 2.24) is 10.2 Å². The molecule has 0 radical (unpaired) electrons. The molecule has 21 heavy (non-hydrogen) atoms. The molecule has 1 N–H and O–H groups in total. The van der Waals surface area contributed by atoms with Crippen LogP contribution >= 0.6 is 0 Å². The molecule has 0 aromatic carbocycles. The lowest BCUT2D eigenvalue weighted by Gasteiger charge is -2.21. The Morgan fingerprint density at radius 3 is 2.62 bits per heavy atom. The molecule has 1 saturated carbocycles. The molecule has 0 atom stereocenters. The van der Waals surface area contributed by atoms with Crippen molar-refractivity contribution >= 4 is 0 Å². The predicted octanol–water partition coefficient (Wildman–Crippen LogP) is 4.18. The summed E-state index contributed by atoms with van der Waals surface area (Å²) in [4.78, 5) is 2.60. The highest BCUT2D eigenvalue weighted by atomic mass is 16.3. The molecule has 1 aromatic heterocycles. The van der Waals surface area contributed by atoms with Crippen LogP contribution in [0.1, 0.15) is 65.2 Å². The van der Waals surface area contributed by atoms with E-state index in [1.807, 2.05) is 6.26 Å². The van der Waals surface area contributed by atoms with Crippen LogP contribution < -0.4 is 5.32 Å². The molecule has 1 aliphatic rings. The highest BCUT2D eigenvalue weighted by Gasteiger charge is 2.29. The average molecular weight is 292 g/mol. The first-order valence-electron chi connectivity index (χ1n) is 8.39. The lowest BCUT2D eigenvalue weighted by atomic mass is 10.1. The Kier molecular flexibility index (Phi) is 5.50. The largest absolute Gasteiger partial charge is 0.468 e. The van der Waals surface area contributed by atoms with Crippen LogP contribution in [0.25, 0.3) is 0 Å². The fraction of sp³-hybridized carbons (Fsp3) is 0.778. The van der Waals surface area contributed by atoms with E-state index in [0.717, 1.165) is 30.8 Å². The van der Waals surface area contributed by atoms with E-state index in [2.05, 4.69) is 50.9 Å². The van der Waals surface area contributed by atoms with Gasteiger partial charge in [-0.3, -0.25) is 4.90 Å². The number of furan rings is 1. The van der Waals surface area contributed by atoms with E-state index in [1.54, 1.807) is 0 Å². The summed E-state index contributed by atoms with van der Waals surface area (Å²) in [7, 11) is 0. The topological polar surface area (TPSA) is 28.4 Å². The molecule has 0 unspecified atom stereocenters. The highest BCUT2D eigenvalue weighted by Crippen LogP contribution is 2.29. The average Bonchev–Trinajstić information content (AvgIpc) is 3.12. The van der Waals surface area contributed by atoms with Crippen LogP contribution in [0, 0.1) is 5.92 Å². The quantitative estimate of drug-likeness (QED) is 0.779. The van der Waals surface area contributed by atoms with Crippen molar-refractivity contribution in [1.29, 1.82) is 0 Å². The molecule has 3 heteroatoms. The van der Waals surface area contributed by atoms with E-state index in [4.69, 9.17) is 4.42 Å². The van der Waals surface area contributed by atoms with Gasteiger partial charge in [-0.15, -0.1) is 0 Å². The number of hydrogen-bond acceptors (Lipinski definition) is 3.